The molecule has 0 radical (unpaired) electrons. The van der Waals surface area contributed by atoms with Gasteiger partial charge in [0.2, 0.25) is 5.91 Å². The first-order valence-electron chi connectivity index (χ1n) is 7.08. The Morgan fingerprint density at radius 3 is 3.11 bits per heavy atom. The van der Waals surface area contributed by atoms with Crippen LogP contribution in [0.5, 0.6) is 0 Å². The number of nitrogens with one attached hydrogen (secondary N) is 2. The van der Waals surface area contributed by atoms with Crippen molar-refractivity contribution in [2.75, 3.05) is 36.9 Å². The van der Waals surface area contributed by atoms with E-state index in [1.165, 1.54) is 17.7 Å². The third-order valence-corrected chi connectivity index (χ3v) is 4.18. The Labute approximate surface area is 114 Å². The number of anilines is 2. The predicted octanol–water partition coefficient (Wildman–Crippen LogP) is 1.62. The van der Waals surface area contributed by atoms with E-state index in [2.05, 4.69) is 28.8 Å². The van der Waals surface area contributed by atoms with E-state index in [1.807, 2.05) is 7.05 Å². The molecule has 2 heterocycles. The summed E-state index contributed by atoms with van der Waals surface area (Å²) in [4.78, 5) is 13.4. The van der Waals surface area contributed by atoms with Gasteiger partial charge < -0.3 is 15.5 Å². The van der Waals surface area contributed by atoms with Crippen LogP contribution in [0.1, 0.15) is 18.4 Å². The highest BCUT2D eigenvalue weighted by atomic mass is 16.2. The van der Waals surface area contributed by atoms with Gasteiger partial charge in [-0.3, -0.25) is 4.79 Å². The maximum atomic E-state index is 11.6. The van der Waals surface area contributed by atoms with E-state index in [9.17, 15) is 4.79 Å². The number of amides is 1. The summed E-state index contributed by atoms with van der Waals surface area (Å²) in [6.45, 7) is 3.29. The lowest BCUT2D eigenvalue weighted by molar-refractivity contribution is -0.118. The van der Waals surface area contributed by atoms with Crippen LogP contribution in [0.15, 0.2) is 18.2 Å². The van der Waals surface area contributed by atoms with Crippen molar-refractivity contribution in [1.82, 2.24) is 5.32 Å². The van der Waals surface area contributed by atoms with E-state index < -0.39 is 0 Å². The number of fused-ring (bicyclic) bond motifs is 1. The van der Waals surface area contributed by atoms with Gasteiger partial charge in [-0.25, -0.2) is 0 Å². The minimum absolute atomic E-state index is 0.213. The van der Waals surface area contributed by atoms with Crippen LogP contribution >= 0.6 is 0 Å². The number of carbonyl (C=O) groups excluding carboxylic acids is 1. The van der Waals surface area contributed by atoms with Gasteiger partial charge in [0.25, 0.3) is 0 Å². The van der Waals surface area contributed by atoms with Crippen molar-refractivity contribution < 1.29 is 4.79 Å². The van der Waals surface area contributed by atoms with Crippen LogP contribution in [-0.2, 0) is 11.2 Å². The molecule has 1 aromatic carbocycles. The van der Waals surface area contributed by atoms with E-state index >= 15 is 0 Å². The van der Waals surface area contributed by atoms with Gasteiger partial charge >= 0.3 is 0 Å². The summed E-state index contributed by atoms with van der Waals surface area (Å²) in [6, 6.07) is 6.33. The van der Waals surface area contributed by atoms with Gasteiger partial charge in [0.1, 0.15) is 0 Å². The number of carbonyl (C=O) groups is 1. The predicted molar refractivity (Wildman–Crippen MR) is 77.6 cm³/mol. The fourth-order valence-corrected chi connectivity index (χ4v) is 2.92. The zero-order valence-electron chi connectivity index (χ0n) is 11.4. The lowest BCUT2D eigenvalue weighted by atomic mass is 10.0. The molecule has 1 aromatic rings. The zero-order chi connectivity index (χ0) is 13.2. The molecule has 0 saturated carbocycles. The van der Waals surface area contributed by atoms with E-state index in [1.54, 1.807) is 4.90 Å². The molecule has 0 aliphatic carbocycles. The number of benzene rings is 1. The zero-order valence-corrected chi connectivity index (χ0v) is 11.4. The molecule has 2 N–H and O–H groups in total. The van der Waals surface area contributed by atoms with Crippen LogP contribution in [-0.4, -0.2) is 32.6 Å². The van der Waals surface area contributed by atoms with Crippen molar-refractivity contribution >= 4 is 17.3 Å². The Balaban J connectivity index is 1.69. The molecule has 19 heavy (non-hydrogen) atoms. The van der Waals surface area contributed by atoms with Crippen molar-refractivity contribution in [3.63, 3.8) is 0 Å². The molecule has 0 bridgehead atoms. The second-order valence-corrected chi connectivity index (χ2v) is 5.54. The topological polar surface area (TPSA) is 44.4 Å². The van der Waals surface area contributed by atoms with Crippen molar-refractivity contribution in [1.29, 1.82) is 0 Å². The Morgan fingerprint density at radius 1 is 1.42 bits per heavy atom. The Hall–Kier alpha value is -1.55. The van der Waals surface area contributed by atoms with Crippen LogP contribution in [0.2, 0.25) is 0 Å². The summed E-state index contributed by atoms with van der Waals surface area (Å²) in [5.74, 6) is 0.950. The average Bonchev–Trinajstić information content (AvgIpc) is 2.94. The molecule has 1 fully saturated rings. The smallest absolute Gasteiger partial charge is 0.227 e. The highest BCUT2D eigenvalue weighted by Crippen LogP contribution is 2.29. The van der Waals surface area contributed by atoms with Crippen LogP contribution in [0.25, 0.3) is 0 Å². The van der Waals surface area contributed by atoms with E-state index in [0.29, 0.717) is 6.42 Å². The average molecular weight is 259 g/mol. The molecule has 4 heteroatoms. The third-order valence-electron chi connectivity index (χ3n) is 4.18. The molecular formula is C15H21N3O. The quantitative estimate of drug-likeness (QED) is 0.867. The molecule has 0 spiro atoms. The highest BCUT2D eigenvalue weighted by molar-refractivity contribution is 5.96. The summed E-state index contributed by atoms with van der Waals surface area (Å²) in [7, 11) is 1.86. The minimum atomic E-state index is 0.213. The first-order chi connectivity index (χ1) is 9.24. The number of nitrogens with zero attached hydrogens (tertiary/aromatic N) is 1. The standard InChI is InChI=1S/C15H21N3O/c1-18-14-4-3-13(8-12(14)2-5-15(18)19)17-10-11-6-7-16-9-11/h3-4,8,11,16-17H,2,5-7,9-10H2,1H3. The van der Waals surface area contributed by atoms with Crippen LogP contribution in [0.3, 0.4) is 0 Å². The third kappa shape index (κ3) is 2.59. The molecule has 1 amide bonds. The number of aryl methyl sites for hydroxylation is 1. The van der Waals surface area contributed by atoms with Gasteiger partial charge in [-0.15, -0.1) is 0 Å². The molecule has 0 aromatic heterocycles. The van der Waals surface area contributed by atoms with Crippen LogP contribution < -0.4 is 15.5 Å². The molecule has 4 nitrogen and oxygen atoms in total. The molecule has 1 unspecified atom stereocenters. The summed E-state index contributed by atoms with van der Waals surface area (Å²) in [6.07, 6.45) is 2.74. The van der Waals surface area contributed by atoms with E-state index in [4.69, 9.17) is 0 Å². The Kier molecular flexibility index (Phi) is 3.42. The SMILES string of the molecule is CN1C(=O)CCc2cc(NCC3CCNC3)ccc21. The number of rotatable bonds is 3. The summed E-state index contributed by atoms with van der Waals surface area (Å²) in [5.41, 5.74) is 3.51. The maximum absolute atomic E-state index is 11.6. The molecule has 102 valence electrons. The lowest BCUT2D eigenvalue weighted by Crippen LogP contribution is -2.31. The minimum Gasteiger partial charge on any atom is -0.385 e. The number of hydrogen-bond acceptors (Lipinski definition) is 3. The van der Waals surface area contributed by atoms with Gasteiger partial charge in [0, 0.05) is 31.4 Å². The fraction of sp³-hybridized carbons (Fsp3) is 0.533. The number of hydrogen-bond donors (Lipinski definition) is 2. The van der Waals surface area contributed by atoms with E-state index in [-0.39, 0.29) is 5.91 Å². The van der Waals surface area contributed by atoms with Crippen molar-refractivity contribution in [2.45, 2.75) is 19.3 Å². The second-order valence-electron chi connectivity index (χ2n) is 5.54. The Morgan fingerprint density at radius 2 is 2.32 bits per heavy atom. The lowest BCUT2D eigenvalue weighted by Gasteiger charge is -2.26. The van der Waals surface area contributed by atoms with Crippen molar-refractivity contribution in [2.24, 2.45) is 5.92 Å². The monoisotopic (exact) mass is 259 g/mol. The Bertz CT molecular complexity index is 480. The summed E-state index contributed by atoms with van der Waals surface area (Å²) in [5, 5.41) is 6.90. The maximum Gasteiger partial charge on any atom is 0.227 e. The van der Waals surface area contributed by atoms with Gasteiger partial charge in [-0.1, -0.05) is 0 Å². The largest absolute Gasteiger partial charge is 0.385 e. The molecule has 3 rings (SSSR count). The molecule has 2 aliphatic rings. The van der Waals surface area contributed by atoms with E-state index in [0.717, 1.165) is 37.7 Å². The summed E-state index contributed by atoms with van der Waals surface area (Å²) < 4.78 is 0. The second kappa shape index (κ2) is 5.21. The normalized spacial score (nSPS) is 22.5. The van der Waals surface area contributed by atoms with Crippen molar-refractivity contribution in [3.8, 4) is 0 Å². The molecule has 2 aliphatic heterocycles. The molecule has 1 saturated heterocycles. The van der Waals surface area contributed by atoms with Gasteiger partial charge in [0.05, 0.1) is 0 Å². The van der Waals surface area contributed by atoms with Gasteiger partial charge in [-0.2, -0.15) is 0 Å². The first kappa shape index (κ1) is 12.5. The van der Waals surface area contributed by atoms with Crippen LogP contribution in [0.4, 0.5) is 11.4 Å². The fourth-order valence-electron chi connectivity index (χ4n) is 2.92. The molecule has 1 atom stereocenters. The van der Waals surface area contributed by atoms with Crippen LogP contribution in [0, 0.1) is 5.92 Å². The van der Waals surface area contributed by atoms with Gasteiger partial charge in [0.15, 0.2) is 0 Å². The molecular weight excluding hydrogens is 238 g/mol. The highest BCUT2D eigenvalue weighted by Gasteiger charge is 2.21. The van der Waals surface area contributed by atoms with Gasteiger partial charge in [-0.05, 0) is 55.6 Å². The van der Waals surface area contributed by atoms with Crippen molar-refractivity contribution in [3.05, 3.63) is 23.8 Å². The summed E-state index contributed by atoms with van der Waals surface area (Å²) >= 11 is 0. The first-order valence-corrected chi connectivity index (χ1v) is 7.08.